The molecule has 2 unspecified atom stereocenters. The molecule has 37 heavy (non-hydrogen) atoms. The monoisotopic (exact) mass is 498 g/mol. The lowest BCUT2D eigenvalue weighted by molar-refractivity contribution is -0.138. The highest BCUT2D eigenvalue weighted by atomic mass is 16.4. The van der Waals surface area contributed by atoms with Gasteiger partial charge in [-0.3, -0.25) is 14.4 Å². The summed E-state index contributed by atoms with van der Waals surface area (Å²) in [5, 5.41) is 14.7. The van der Waals surface area contributed by atoms with E-state index in [9.17, 15) is 14.4 Å². The summed E-state index contributed by atoms with van der Waals surface area (Å²) in [7, 11) is 0. The zero-order valence-corrected chi connectivity index (χ0v) is 21.2. The Hall–Kier alpha value is -3.85. The highest BCUT2D eigenvalue weighted by molar-refractivity contribution is 5.98. The number of aliphatic carboxylic acids is 1. The molecule has 0 radical (unpaired) electrons. The summed E-state index contributed by atoms with van der Waals surface area (Å²) in [4.78, 5) is 35.8. The van der Waals surface area contributed by atoms with Crippen LogP contribution in [-0.2, 0) is 14.4 Å². The highest BCUT2D eigenvalue weighted by Gasteiger charge is 2.24. The molecule has 1 saturated carbocycles. The second kappa shape index (κ2) is 12.4. The van der Waals surface area contributed by atoms with Gasteiger partial charge in [-0.15, -0.1) is 0 Å². The maximum atomic E-state index is 12.5. The van der Waals surface area contributed by atoms with E-state index in [2.05, 4.69) is 41.5 Å². The number of carbonyl (C=O) groups excluding carboxylic acids is 2. The van der Waals surface area contributed by atoms with Gasteiger partial charge in [0.1, 0.15) is 0 Å². The Morgan fingerprint density at radius 1 is 0.946 bits per heavy atom. The topological polar surface area (TPSA) is 95.5 Å². The Labute approximate surface area is 218 Å². The summed E-state index contributed by atoms with van der Waals surface area (Å²) in [5.41, 5.74) is 3.55. The van der Waals surface area contributed by atoms with E-state index in [-0.39, 0.29) is 49.0 Å². The largest absolute Gasteiger partial charge is 0.481 e. The van der Waals surface area contributed by atoms with E-state index in [0.29, 0.717) is 11.5 Å². The molecule has 2 amide bonds. The van der Waals surface area contributed by atoms with Gasteiger partial charge in [0.05, 0.1) is 11.5 Å². The van der Waals surface area contributed by atoms with E-state index >= 15 is 0 Å². The molecular formula is C31H34N2O4. The average Bonchev–Trinajstić information content (AvgIpc) is 2.89. The van der Waals surface area contributed by atoms with Gasteiger partial charge < -0.3 is 15.7 Å². The Morgan fingerprint density at radius 2 is 1.65 bits per heavy atom. The molecule has 6 nitrogen and oxygen atoms in total. The van der Waals surface area contributed by atoms with Gasteiger partial charge in [0.25, 0.3) is 5.91 Å². The highest BCUT2D eigenvalue weighted by Crippen LogP contribution is 2.37. The Balaban J connectivity index is 1.19. The van der Waals surface area contributed by atoms with Gasteiger partial charge in [-0.05, 0) is 66.7 Å². The molecular weight excluding hydrogens is 464 g/mol. The normalized spacial score (nSPS) is 22.7. The van der Waals surface area contributed by atoms with Crippen LogP contribution in [0.1, 0.15) is 68.4 Å². The van der Waals surface area contributed by atoms with Crippen LogP contribution in [0.3, 0.4) is 0 Å². The van der Waals surface area contributed by atoms with E-state index in [1.54, 1.807) is 0 Å². The Kier molecular flexibility index (Phi) is 8.79. The number of rotatable bonds is 9. The first-order chi connectivity index (χ1) is 17.9. The molecule has 0 saturated heterocycles. The number of anilines is 1. The first-order valence-corrected chi connectivity index (χ1v) is 13.1. The Bertz CT molecular complexity index is 1200. The molecule has 0 heterocycles. The SMILES string of the molecule is CC1C=C(C(=O)NCCC(=O)Nc2ccc(C3CCC(CC(=O)O)CC3)cc2)C#CC1c1ccccc1. The lowest BCUT2D eigenvalue weighted by Crippen LogP contribution is -2.29. The average molecular weight is 499 g/mol. The van der Waals surface area contributed by atoms with Crippen LogP contribution in [0.5, 0.6) is 0 Å². The van der Waals surface area contributed by atoms with Crippen molar-refractivity contribution in [3.8, 4) is 11.8 Å². The van der Waals surface area contributed by atoms with Crippen LogP contribution in [0.2, 0.25) is 0 Å². The van der Waals surface area contributed by atoms with Gasteiger partial charge >= 0.3 is 5.97 Å². The summed E-state index contributed by atoms with van der Waals surface area (Å²) in [5.74, 6) is 5.98. The summed E-state index contributed by atoms with van der Waals surface area (Å²) in [6.07, 6.45) is 6.21. The molecule has 2 aliphatic rings. The quantitative estimate of drug-likeness (QED) is 0.412. The second-order valence-electron chi connectivity index (χ2n) is 10.1. The van der Waals surface area contributed by atoms with Crippen LogP contribution in [-0.4, -0.2) is 29.4 Å². The van der Waals surface area contributed by atoms with Crippen LogP contribution in [0.25, 0.3) is 0 Å². The van der Waals surface area contributed by atoms with Gasteiger partial charge in [0.2, 0.25) is 5.91 Å². The molecule has 0 bridgehead atoms. The minimum atomic E-state index is -0.713. The van der Waals surface area contributed by atoms with Crippen LogP contribution in [0, 0.1) is 23.7 Å². The molecule has 2 aromatic rings. The van der Waals surface area contributed by atoms with Crippen LogP contribution < -0.4 is 10.6 Å². The zero-order valence-electron chi connectivity index (χ0n) is 21.2. The molecule has 0 spiro atoms. The summed E-state index contributed by atoms with van der Waals surface area (Å²) in [6, 6.07) is 18.0. The van der Waals surface area contributed by atoms with Crippen molar-refractivity contribution >= 4 is 23.5 Å². The van der Waals surface area contributed by atoms with Crippen molar-refractivity contribution in [2.24, 2.45) is 11.8 Å². The number of carboxylic acid groups (broad SMARTS) is 1. The number of benzene rings is 2. The third-order valence-corrected chi connectivity index (χ3v) is 7.33. The molecule has 2 aromatic carbocycles. The van der Waals surface area contributed by atoms with Gasteiger partial charge in [0.15, 0.2) is 0 Å². The minimum absolute atomic E-state index is 0.0712. The van der Waals surface area contributed by atoms with E-state index < -0.39 is 5.97 Å². The fourth-order valence-electron chi connectivity index (χ4n) is 5.26. The van der Waals surface area contributed by atoms with Crippen molar-refractivity contribution < 1.29 is 19.5 Å². The summed E-state index contributed by atoms with van der Waals surface area (Å²) >= 11 is 0. The third-order valence-electron chi connectivity index (χ3n) is 7.33. The maximum absolute atomic E-state index is 12.5. The van der Waals surface area contributed by atoms with Gasteiger partial charge in [-0.1, -0.05) is 67.3 Å². The molecule has 0 aliphatic heterocycles. The van der Waals surface area contributed by atoms with E-state index in [1.165, 1.54) is 5.56 Å². The van der Waals surface area contributed by atoms with Crippen molar-refractivity contribution in [1.29, 1.82) is 0 Å². The Morgan fingerprint density at radius 3 is 2.30 bits per heavy atom. The van der Waals surface area contributed by atoms with E-state index in [0.717, 1.165) is 36.9 Å². The number of hydrogen-bond acceptors (Lipinski definition) is 3. The standard InChI is InChI=1S/C31H34N2O4/c1-21-19-26(13-16-28(21)25-5-3-2-4-6-25)31(37)32-18-17-29(34)33-27-14-11-24(12-15-27)23-9-7-22(8-10-23)20-30(35)36/h2-6,11-12,14-15,19,21-23,28H,7-10,17-18,20H2,1H3,(H,32,37)(H,33,34)(H,35,36). The van der Waals surface area contributed by atoms with Crippen molar-refractivity contribution in [3.63, 3.8) is 0 Å². The lowest BCUT2D eigenvalue weighted by Gasteiger charge is -2.28. The maximum Gasteiger partial charge on any atom is 0.303 e. The molecule has 192 valence electrons. The second-order valence-corrected chi connectivity index (χ2v) is 10.1. The third kappa shape index (κ3) is 7.33. The molecule has 2 aliphatic carbocycles. The zero-order chi connectivity index (χ0) is 26.2. The van der Waals surface area contributed by atoms with Crippen molar-refractivity contribution in [1.82, 2.24) is 5.32 Å². The predicted molar refractivity (Wildman–Crippen MR) is 144 cm³/mol. The number of amides is 2. The summed E-state index contributed by atoms with van der Waals surface area (Å²) in [6.45, 7) is 2.29. The van der Waals surface area contributed by atoms with Gasteiger partial charge in [-0.25, -0.2) is 0 Å². The minimum Gasteiger partial charge on any atom is -0.481 e. The first-order valence-electron chi connectivity index (χ1n) is 13.1. The predicted octanol–water partition coefficient (Wildman–Crippen LogP) is 5.24. The van der Waals surface area contributed by atoms with Gasteiger partial charge in [0, 0.05) is 25.1 Å². The molecule has 6 heteroatoms. The lowest BCUT2D eigenvalue weighted by atomic mass is 9.77. The fraction of sp³-hybridized carbons (Fsp3) is 0.387. The molecule has 4 rings (SSSR count). The smallest absolute Gasteiger partial charge is 0.303 e. The number of allylic oxidation sites excluding steroid dienone is 1. The summed E-state index contributed by atoms with van der Waals surface area (Å²) < 4.78 is 0. The molecule has 2 atom stereocenters. The molecule has 0 aromatic heterocycles. The van der Waals surface area contributed by atoms with Crippen molar-refractivity contribution in [2.45, 2.75) is 57.3 Å². The van der Waals surface area contributed by atoms with Gasteiger partial charge in [-0.2, -0.15) is 0 Å². The van der Waals surface area contributed by atoms with Crippen LogP contribution in [0.15, 0.2) is 66.2 Å². The molecule has 3 N–H and O–H groups in total. The van der Waals surface area contributed by atoms with Crippen molar-refractivity contribution in [3.05, 3.63) is 77.4 Å². The fourth-order valence-corrected chi connectivity index (χ4v) is 5.26. The van der Waals surface area contributed by atoms with E-state index in [4.69, 9.17) is 5.11 Å². The van der Waals surface area contributed by atoms with Crippen molar-refractivity contribution in [2.75, 3.05) is 11.9 Å². The van der Waals surface area contributed by atoms with E-state index in [1.807, 2.05) is 48.5 Å². The van der Waals surface area contributed by atoms with Crippen LogP contribution in [0.4, 0.5) is 5.69 Å². The number of carboxylic acids is 1. The molecule has 1 fully saturated rings. The van der Waals surface area contributed by atoms with Crippen LogP contribution >= 0.6 is 0 Å². The first kappa shape index (κ1) is 26.2. The number of nitrogens with one attached hydrogen (secondary N) is 2. The number of hydrogen-bond donors (Lipinski definition) is 3. The number of carbonyl (C=O) groups is 3.